The summed E-state index contributed by atoms with van der Waals surface area (Å²) in [6.07, 6.45) is 0.711. The third kappa shape index (κ3) is 6.05. The Balaban J connectivity index is 2.16. The number of anilines is 1. The lowest BCUT2D eigenvalue weighted by atomic mass is 10.1. The number of carbonyl (C=O) groups is 1. The zero-order valence-corrected chi connectivity index (χ0v) is 16.8. The van der Waals surface area contributed by atoms with Crippen molar-refractivity contribution in [3.63, 3.8) is 0 Å². The molecule has 0 fully saturated rings. The second-order valence-corrected chi connectivity index (χ2v) is 7.96. The van der Waals surface area contributed by atoms with Crippen LogP contribution in [-0.2, 0) is 14.8 Å². The quantitative estimate of drug-likeness (QED) is 0.495. The number of sulfonamides is 1. The highest BCUT2D eigenvalue weighted by Crippen LogP contribution is 2.22. The van der Waals surface area contributed by atoms with E-state index in [-0.39, 0.29) is 10.5 Å². The van der Waals surface area contributed by atoms with Gasteiger partial charge in [0.25, 0.3) is 0 Å². The third-order valence-corrected chi connectivity index (χ3v) is 5.69. The highest BCUT2D eigenvalue weighted by Gasteiger charge is 2.21. The number of benzene rings is 2. The van der Waals surface area contributed by atoms with Crippen molar-refractivity contribution in [1.29, 1.82) is 0 Å². The van der Waals surface area contributed by atoms with E-state index < -0.39 is 22.0 Å². The van der Waals surface area contributed by atoms with Gasteiger partial charge in [-0.2, -0.15) is 0 Å². The molecule has 0 amide bonds. The maximum absolute atomic E-state index is 12.7. The highest BCUT2D eigenvalue weighted by atomic mass is 32.2. The number of carboxylic acid groups (broad SMARTS) is 1. The van der Waals surface area contributed by atoms with E-state index in [4.69, 9.17) is 4.74 Å². The van der Waals surface area contributed by atoms with Gasteiger partial charge in [0.1, 0.15) is 0 Å². The lowest BCUT2D eigenvalue weighted by molar-refractivity contribution is 0.0697. The fraction of sp³-hybridized carbons (Fsp3) is 0.350. The summed E-state index contributed by atoms with van der Waals surface area (Å²) in [5, 5.41) is 12.5. The van der Waals surface area contributed by atoms with Crippen molar-refractivity contribution in [1.82, 2.24) is 4.72 Å². The number of nitrogens with one attached hydrogen (secondary N) is 2. The molecule has 0 spiro atoms. The molecule has 8 heteroatoms. The van der Waals surface area contributed by atoms with Crippen molar-refractivity contribution < 1.29 is 23.1 Å². The molecule has 0 unspecified atom stereocenters. The van der Waals surface area contributed by atoms with Crippen LogP contribution in [0.25, 0.3) is 0 Å². The first-order valence-electron chi connectivity index (χ1n) is 9.11. The van der Waals surface area contributed by atoms with Crippen molar-refractivity contribution in [2.24, 2.45) is 0 Å². The van der Waals surface area contributed by atoms with Gasteiger partial charge in [-0.1, -0.05) is 30.3 Å². The molecular formula is C20H26N2O5S. The maximum Gasteiger partial charge on any atom is 0.337 e. The average molecular weight is 407 g/mol. The van der Waals surface area contributed by atoms with E-state index in [2.05, 4.69) is 10.0 Å². The smallest absolute Gasteiger partial charge is 0.337 e. The normalized spacial score (nSPS) is 12.5. The van der Waals surface area contributed by atoms with Crippen LogP contribution in [0.1, 0.15) is 42.2 Å². The summed E-state index contributed by atoms with van der Waals surface area (Å²) in [5.74, 6) is -1.19. The van der Waals surface area contributed by atoms with Crippen molar-refractivity contribution in [3.8, 4) is 0 Å². The number of hydrogen-bond donors (Lipinski definition) is 3. The summed E-state index contributed by atoms with van der Waals surface area (Å²) >= 11 is 0. The lowest BCUT2D eigenvalue weighted by Crippen LogP contribution is -2.27. The summed E-state index contributed by atoms with van der Waals surface area (Å²) in [5.41, 5.74) is 1.10. The van der Waals surface area contributed by atoms with Crippen molar-refractivity contribution >= 4 is 21.7 Å². The minimum Gasteiger partial charge on any atom is -0.478 e. The standard InChI is InChI=1S/C20H26N2O5S/c1-3-27-13-7-12-21-19-11-10-17(14-18(19)20(23)24)28(25,26)22-15(2)16-8-5-4-6-9-16/h4-6,8-11,14-15,21-22H,3,7,12-13H2,1-2H3,(H,23,24)/t15-/m0/s1. The van der Waals surface area contributed by atoms with Crippen LogP contribution in [0.5, 0.6) is 0 Å². The second-order valence-electron chi connectivity index (χ2n) is 6.24. The van der Waals surface area contributed by atoms with Crippen molar-refractivity contribution in [3.05, 3.63) is 59.7 Å². The molecule has 0 saturated carbocycles. The molecule has 1 atom stereocenters. The number of rotatable bonds is 11. The van der Waals surface area contributed by atoms with Crippen LogP contribution in [0.4, 0.5) is 5.69 Å². The van der Waals surface area contributed by atoms with Crippen molar-refractivity contribution in [2.45, 2.75) is 31.2 Å². The number of aromatic carboxylic acids is 1. The van der Waals surface area contributed by atoms with Gasteiger partial charge in [0, 0.05) is 31.5 Å². The molecule has 28 heavy (non-hydrogen) atoms. The van der Waals surface area contributed by atoms with Crippen LogP contribution >= 0.6 is 0 Å². The molecule has 0 aromatic heterocycles. The predicted molar refractivity (Wildman–Crippen MR) is 108 cm³/mol. The number of carboxylic acids is 1. The van der Waals surface area contributed by atoms with Gasteiger partial charge in [0.15, 0.2) is 0 Å². The van der Waals surface area contributed by atoms with Crippen LogP contribution in [0.2, 0.25) is 0 Å². The molecule has 7 nitrogen and oxygen atoms in total. The zero-order valence-electron chi connectivity index (χ0n) is 16.0. The van der Waals surface area contributed by atoms with Gasteiger partial charge in [-0.25, -0.2) is 17.9 Å². The van der Waals surface area contributed by atoms with E-state index in [1.807, 2.05) is 37.3 Å². The molecule has 2 aromatic carbocycles. The van der Waals surface area contributed by atoms with Crippen LogP contribution in [0.3, 0.4) is 0 Å². The van der Waals surface area contributed by atoms with Gasteiger partial charge in [0.2, 0.25) is 10.0 Å². The van der Waals surface area contributed by atoms with E-state index in [9.17, 15) is 18.3 Å². The molecule has 2 rings (SSSR count). The molecule has 0 aliphatic heterocycles. The Morgan fingerprint density at radius 3 is 2.54 bits per heavy atom. The summed E-state index contributed by atoms with van der Waals surface area (Å²) in [7, 11) is -3.87. The lowest BCUT2D eigenvalue weighted by Gasteiger charge is -2.16. The first-order valence-corrected chi connectivity index (χ1v) is 10.6. The molecule has 3 N–H and O–H groups in total. The predicted octanol–water partition coefficient (Wildman–Crippen LogP) is 3.26. The molecule has 0 heterocycles. The summed E-state index contributed by atoms with van der Waals surface area (Å²) in [4.78, 5) is 11.5. The Morgan fingerprint density at radius 1 is 1.18 bits per heavy atom. The van der Waals surface area contributed by atoms with E-state index in [0.29, 0.717) is 31.9 Å². The molecule has 0 aliphatic carbocycles. The molecule has 0 radical (unpaired) electrons. The SMILES string of the molecule is CCOCCCNc1ccc(S(=O)(=O)N[C@@H](C)c2ccccc2)cc1C(=O)O. The van der Waals surface area contributed by atoms with Gasteiger partial charge in [0.05, 0.1) is 10.5 Å². The first kappa shape index (κ1) is 21.9. The van der Waals surface area contributed by atoms with E-state index in [0.717, 1.165) is 5.56 Å². The molecule has 0 saturated heterocycles. The summed E-state index contributed by atoms with van der Waals surface area (Å²) in [6.45, 7) is 5.36. The fourth-order valence-electron chi connectivity index (χ4n) is 2.67. The molecule has 2 aromatic rings. The van der Waals surface area contributed by atoms with Gasteiger partial charge in [-0.05, 0) is 44.0 Å². The fourth-order valence-corrected chi connectivity index (χ4v) is 3.93. The van der Waals surface area contributed by atoms with E-state index >= 15 is 0 Å². The Kier molecular flexibility index (Phi) is 7.98. The number of ether oxygens (including phenoxy) is 1. The maximum atomic E-state index is 12.7. The monoisotopic (exact) mass is 406 g/mol. The summed E-state index contributed by atoms with van der Waals surface area (Å²) in [6, 6.07) is 12.8. The molecule has 152 valence electrons. The Labute approximate surface area is 165 Å². The Morgan fingerprint density at radius 2 is 1.89 bits per heavy atom. The molecule has 0 aliphatic rings. The number of hydrogen-bond acceptors (Lipinski definition) is 5. The molecular weight excluding hydrogens is 380 g/mol. The van der Waals surface area contributed by atoms with Gasteiger partial charge < -0.3 is 15.2 Å². The van der Waals surface area contributed by atoms with E-state index in [1.54, 1.807) is 6.92 Å². The molecule has 0 bridgehead atoms. The van der Waals surface area contributed by atoms with Gasteiger partial charge >= 0.3 is 5.97 Å². The van der Waals surface area contributed by atoms with Crippen LogP contribution in [0.15, 0.2) is 53.4 Å². The van der Waals surface area contributed by atoms with E-state index in [1.165, 1.54) is 18.2 Å². The first-order chi connectivity index (χ1) is 13.3. The van der Waals surface area contributed by atoms with Gasteiger partial charge in [-0.3, -0.25) is 0 Å². The Hall–Kier alpha value is -2.42. The van der Waals surface area contributed by atoms with Crippen LogP contribution in [-0.4, -0.2) is 39.3 Å². The van der Waals surface area contributed by atoms with Gasteiger partial charge in [-0.15, -0.1) is 0 Å². The van der Waals surface area contributed by atoms with Crippen LogP contribution < -0.4 is 10.0 Å². The minimum absolute atomic E-state index is 0.0902. The van der Waals surface area contributed by atoms with Crippen molar-refractivity contribution in [2.75, 3.05) is 25.1 Å². The largest absolute Gasteiger partial charge is 0.478 e. The minimum atomic E-state index is -3.87. The third-order valence-electron chi connectivity index (χ3n) is 4.15. The zero-order chi connectivity index (χ0) is 20.6. The average Bonchev–Trinajstić information content (AvgIpc) is 2.68. The highest BCUT2D eigenvalue weighted by molar-refractivity contribution is 7.89. The second kappa shape index (κ2) is 10.2. The topological polar surface area (TPSA) is 105 Å². The summed E-state index contributed by atoms with van der Waals surface area (Å²) < 4.78 is 33.2. The van der Waals surface area contributed by atoms with Crippen LogP contribution in [0, 0.1) is 0 Å². The Bertz CT molecular complexity index is 885.